The first-order chi connectivity index (χ1) is 7.31. The van der Waals surface area contributed by atoms with Crippen molar-refractivity contribution in [1.29, 1.82) is 5.26 Å². The minimum Gasteiger partial charge on any atom is -0.493 e. The minimum atomic E-state index is 0.585. The van der Waals surface area contributed by atoms with Gasteiger partial charge in [0.1, 0.15) is 0 Å². The van der Waals surface area contributed by atoms with E-state index in [2.05, 4.69) is 0 Å². The molecule has 0 aliphatic heterocycles. The van der Waals surface area contributed by atoms with Gasteiger partial charge in [-0.1, -0.05) is 6.07 Å². The second kappa shape index (κ2) is 5.71. The van der Waals surface area contributed by atoms with E-state index in [0.717, 1.165) is 5.56 Å². The summed E-state index contributed by atoms with van der Waals surface area (Å²) in [5.41, 5.74) is 0.917. The van der Waals surface area contributed by atoms with Gasteiger partial charge in [0.05, 0.1) is 19.8 Å². The fourth-order valence-electron chi connectivity index (χ4n) is 1.20. The van der Waals surface area contributed by atoms with Crippen molar-refractivity contribution >= 4 is 6.08 Å². The summed E-state index contributed by atoms with van der Waals surface area (Å²) < 4.78 is 10.5. The third-order valence-corrected chi connectivity index (χ3v) is 1.84. The molecule has 0 aliphatic carbocycles. The molecule has 0 heterocycles. The molecule has 0 spiro atoms. The Hall–Kier alpha value is -1.95. The zero-order valence-electron chi connectivity index (χ0n) is 8.86. The lowest BCUT2D eigenvalue weighted by Crippen LogP contribution is -1.95. The molecule has 0 atom stereocenters. The van der Waals surface area contributed by atoms with Crippen molar-refractivity contribution in [2.45, 2.75) is 6.92 Å². The molecule has 0 bridgehead atoms. The van der Waals surface area contributed by atoms with Crippen LogP contribution in [0.25, 0.3) is 6.08 Å². The lowest BCUT2D eigenvalue weighted by molar-refractivity contribution is 0.311. The Labute approximate surface area is 89.6 Å². The van der Waals surface area contributed by atoms with Crippen LogP contribution < -0.4 is 9.47 Å². The molecule has 0 aromatic heterocycles. The van der Waals surface area contributed by atoms with Gasteiger partial charge in [-0.05, 0) is 30.7 Å². The predicted octanol–water partition coefficient (Wildman–Crippen LogP) is 2.63. The number of benzene rings is 1. The number of nitrogens with zero attached hydrogens (tertiary/aromatic N) is 1. The number of hydrogen-bond donors (Lipinski definition) is 0. The highest BCUT2D eigenvalue weighted by molar-refractivity contribution is 5.57. The summed E-state index contributed by atoms with van der Waals surface area (Å²) in [7, 11) is 1.60. The van der Waals surface area contributed by atoms with Crippen molar-refractivity contribution in [2.24, 2.45) is 0 Å². The highest BCUT2D eigenvalue weighted by atomic mass is 16.5. The average molecular weight is 203 g/mol. The molecular weight excluding hydrogens is 190 g/mol. The zero-order chi connectivity index (χ0) is 11.1. The smallest absolute Gasteiger partial charge is 0.161 e. The minimum absolute atomic E-state index is 0.585. The molecule has 1 rings (SSSR count). The zero-order valence-corrected chi connectivity index (χ0v) is 8.86. The molecule has 0 aliphatic rings. The average Bonchev–Trinajstić information content (AvgIpc) is 2.27. The Morgan fingerprint density at radius 2 is 2.20 bits per heavy atom. The molecule has 1 aromatic rings. The van der Waals surface area contributed by atoms with Gasteiger partial charge in [-0.25, -0.2) is 0 Å². The van der Waals surface area contributed by atoms with Gasteiger partial charge >= 0.3 is 0 Å². The van der Waals surface area contributed by atoms with Gasteiger partial charge < -0.3 is 9.47 Å². The summed E-state index contributed by atoms with van der Waals surface area (Å²) in [5.74, 6) is 1.39. The van der Waals surface area contributed by atoms with Gasteiger partial charge in [0, 0.05) is 6.08 Å². The van der Waals surface area contributed by atoms with E-state index in [4.69, 9.17) is 14.7 Å². The summed E-state index contributed by atoms with van der Waals surface area (Å²) in [6, 6.07) is 7.48. The van der Waals surface area contributed by atoms with E-state index in [1.54, 1.807) is 13.2 Å². The molecule has 0 saturated carbocycles. The quantitative estimate of drug-likeness (QED) is 0.706. The maximum absolute atomic E-state index is 8.41. The first-order valence-electron chi connectivity index (χ1n) is 4.68. The maximum Gasteiger partial charge on any atom is 0.161 e. The normalized spacial score (nSPS) is 9.93. The van der Waals surface area contributed by atoms with Gasteiger partial charge in [-0.2, -0.15) is 5.26 Å². The second-order valence-corrected chi connectivity index (χ2v) is 2.81. The van der Waals surface area contributed by atoms with Crippen molar-refractivity contribution in [3.63, 3.8) is 0 Å². The molecular formula is C12H13NO2. The van der Waals surface area contributed by atoms with Crippen molar-refractivity contribution in [1.82, 2.24) is 0 Å². The van der Waals surface area contributed by atoms with Gasteiger partial charge in [0.15, 0.2) is 11.5 Å². The lowest BCUT2D eigenvalue weighted by atomic mass is 10.2. The Balaban J connectivity index is 2.99. The SMILES string of the molecule is CCOc1cc(C=CC#N)ccc1OC. The summed E-state index contributed by atoms with van der Waals surface area (Å²) >= 11 is 0. The monoisotopic (exact) mass is 203 g/mol. The van der Waals surface area contributed by atoms with Crippen LogP contribution in [0, 0.1) is 11.3 Å². The Bertz CT molecular complexity index is 391. The summed E-state index contributed by atoms with van der Waals surface area (Å²) in [5, 5.41) is 8.41. The van der Waals surface area contributed by atoms with Gasteiger partial charge in [-0.15, -0.1) is 0 Å². The molecule has 0 saturated heterocycles. The van der Waals surface area contributed by atoms with Crippen LogP contribution in [0.1, 0.15) is 12.5 Å². The highest BCUT2D eigenvalue weighted by Gasteiger charge is 2.03. The van der Waals surface area contributed by atoms with Crippen molar-refractivity contribution < 1.29 is 9.47 Å². The summed E-state index contributed by atoms with van der Waals surface area (Å²) in [6.07, 6.45) is 3.15. The van der Waals surface area contributed by atoms with Crippen LogP contribution in [0.4, 0.5) is 0 Å². The number of hydrogen-bond acceptors (Lipinski definition) is 3. The Kier molecular flexibility index (Phi) is 4.24. The molecule has 0 fully saturated rings. The van der Waals surface area contributed by atoms with Crippen molar-refractivity contribution in [3.8, 4) is 17.6 Å². The summed E-state index contributed by atoms with van der Waals surface area (Å²) in [4.78, 5) is 0. The molecule has 0 N–H and O–H groups in total. The number of nitriles is 1. The van der Waals surface area contributed by atoms with Gasteiger partial charge in [-0.3, -0.25) is 0 Å². The lowest BCUT2D eigenvalue weighted by Gasteiger charge is -2.09. The van der Waals surface area contributed by atoms with Crippen LogP contribution in [0.2, 0.25) is 0 Å². The van der Waals surface area contributed by atoms with Gasteiger partial charge in [0.2, 0.25) is 0 Å². The van der Waals surface area contributed by atoms with Crippen LogP contribution in [0.5, 0.6) is 11.5 Å². The van der Waals surface area contributed by atoms with Crippen LogP contribution >= 0.6 is 0 Å². The Morgan fingerprint density at radius 3 is 2.80 bits per heavy atom. The molecule has 0 amide bonds. The number of methoxy groups -OCH3 is 1. The van der Waals surface area contributed by atoms with E-state index in [9.17, 15) is 0 Å². The van der Waals surface area contributed by atoms with E-state index in [-0.39, 0.29) is 0 Å². The van der Waals surface area contributed by atoms with Crippen LogP contribution in [-0.2, 0) is 0 Å². The van der Waals surface area contributed by atoms with E-state index < -0.39 is 0 Å². The number of ether oxygens (including phenoxy) is 2. The first kappa shape index (κ1) is 11.1. The topological polar surface area (TPSA) is 42.2 Å². The van der Waals surface area contributed by atoms with Crippen LogP contribution in [0.3, 0.4) is 0 Å². The van der Waals surface area contributed by atoms with Crippen LogP contribution in [-0.4, -0.2) is 13.7 Å². The molecule has 3 heteroatoms. The molecule has 78 valence electrons. The van der Waals surface area contributed by atoms with E-state index in [0.29, 0.717) is 18.1 Å². The number of allylic oxidation sites excluding steroid dienone is 1. The highest BCUT2D eigenvalue weighted by Crippen LogP contribution is 2.28. The van der Waals surface area contributed by atoms with Gasteiger partial charge in [0.25, 0.3) is 0 Å². The molecule has 1 aromatic carbocycles. The predicted molar refractivity (Wildman–Crippen MR) is 58.8 cm³/mol. The fourth-order valence-corrected chi connectivity index (χ4v) is 1.20. The van der Waals surface area contributed by atoms with Crippen LogP contribution in [0.15, 0.2) is 24.3 Å². The standard InChI is InChI=1S/C12H13NO2/c1-3-15-12-9-10(5-4-8-13)6-7-11(12)14-2/h4-7,9H,3H2,1-2H3. The van der Waals surface area contributed by atoms with E-state index in [1.807, 2.05) is 31.2 Å². The van der Waals surface area contributed by atoms with Crippen molar-refractivity contribution in [2.75, 3.05) is 13.7 Å². The van der Waals surface area contributed by atoms with E-state index in [1.165, 1.54) is 6.08 Å². The second-order valence-electron chi connectivity index (χ2n) is 2.81. The maximum atomic E-state index is 8.41. The third-order valence-electron chi connectivity index (χ3n) is 1.84. The molecule has 0 radical (unpaired) electrons. The number of rotatable bonds is 4. The first-order valence-corrected chi connectivity index (χ1v) is 4.68. The molecule has 3 nitrogen and oxygen atoms in total. The molecule has 0 unspecified atom stereocenters. The fraction of sp³-hybridized carbons (Fsp3) is 0.250. The Morgan fingerprint density at radius 1 is 1.40 bits per heavy atom. The van der Waals surface area contributed by atoms with E-state index >= 15 is 0 Å². The molecule has 15 heavy (non-hydrogen) atoms. The third kappa shape index (κ3) is 3.03. The summed E-state index contributed by atoms with van der Waals surface area (Å²) in [6.45, 7) is 2.50. The van der Waals surface area contributed by atoms with Crippen molar-refractivity contribution in [3.05, 3.63) is 29.8 Å². The largest absolute Gasteiger partial charge is 0.493 e.